The Labute approximate surface area is 154 Å². The van der Waals surface area contributed by atoms with Crippen LogP contribution in [0.25, 0.3) is 11.0 Å². The first-order chi connectivity index (χ1) is 13.0. The van der Waals surface area contributed by atoms with Crippen LogP contribution in [0.5, 0.6) is 11.5 Å². The minimum atomic E-state index is -0.836. The maximum absolute atomic E-state index is 14.4. The predicted molar refractivity (Wildman–Crippen MR) is 96.5 cm³/mol. The minimum absolute atomic E-state index is 0.0105. The first kappa shape index (κ1) is 18.9. The summed E-state index contributed by atoms with van der Waals surface area (Å²) in [5, 5.41) is 9.21. The van der Waals surface area contributed by atoms with Crippen LogP contribution >= 0.6 is 0 Å². The van der Waals surface area contributed by atoms with Gasteiger partial charge in [-0.3, -0.25) is 9.13 Å². The van der Waals surface area contributed by atoms with Crippen LogP contribution in [-0.2, 0) is 13.1 Å². The van der Waals surface area contributed by atoms with Crippen molar-refractivity contribution >= 4 is 11.0 Å². The molecule has 0 aliphatic rings. The Morgan fingerprint density at radius 2 is 1.89 bits per heavy atom. The Morgan fingerprint density at radius 3 is 2.56 bits per heavy atom. The molecule has 0 saturated heterocycles. The molecule has 0 atom stereocenters. The SMILES string of the molecule is CCOc1cc(Cn2c(=O)n(CCO)c3cc(F)cc(F)c32)ccc1OC. The van der Waals surface area contributed by atoms with Crippen molar-refractivity contribution in [2.75, 3.05) is 20.3 Å². The summed E-state index contributed by atoms with van der Waals surface area (Å²) in [5.41, 5.74) is 0.249. The number of hydrogen-bond donors (Lipinski definition) is 1. The molecule has 0 saturated carbocycles. The van der Waals surface area contributed by atoms with E-state index >= 15 is 0 Å². The molecule has 27 heavy (non-hydrogen) atoms. The second kappa shape index (κ2) is 7.79. The third-order valence-electron chi connectivity index (χ3n) is 4.22. The van der Waals surface area contributed by atoms with Crippen molar-refractivity contribution in [2.45, 2.75) is 20.0 Å². The molecule has 6 nitrogen and oxygen atoms in total. The number of ether oxygens (including phenoxy) is 2. The fourth-order valence-corrected chi connectivity index (χ4v) is 3.10. The lowest BCUT2D eigenvalue weighted by Gasteiger charge is -2.11. The van der Waals surface area contributed by atoms with Crippen LogP contribution < -0.4 is 15.2 Å². The largest absolute Gasteiger partial charge is 0.493 e. The van der Waals surface area contributed by atoms with Crippen molar-refractivity contribution < 1.29 is 23.4 Å². The smallest absolute Gasteiger partial charge is 0.329 e. The van der Waals surface area contributed by atoms with Gasteiger partial charge in [-0.2, -0.15) is 0 Å². The van der Waals surface area contributed by atoms with Gasteiger partial charge in [-0.1, -0.05) is 6.07 Å². The van der Waals surface area contributed by atoms with Gasteiger partial charge in [0.15, 0.2) is 17.3 Å². The summed E-state index contributed by atoms with van der Waals surface area (Å²) in [7, 11) is 1.52. The molecule has 0 radical (unpaired) electrons. The molecule has 0 fully saturated rings. The van der Waals surface area contributed by atoms with E-state index in [0.29, 0.717) is 23.7 Å². The lowest BCUT2D eigenvalue weighted by molar-refractivity contribution is 0.275. The zero-order valence-corrected chi connectivity index (χ0v) is 15.0. The fourth-order valence-electron chi connectivity index (χ4n) is 3.10. The number of aliphatic hydroxyl groups is 1. The van der Waals surface area contributed by atoms with Crippen molar-refractivity contribution in [3.8, 4) is 11.5 Å². The second-order valence-corrected chi connectivity index (χ2v) is 5.92. The highest BCUT2D eigenvalue weighted by molar-refractivity contribution is 5.77. The standard InChI is InChI=1S/C19H20F2N2O4/c1-3-27-17-8-12(4-5-16(17)26-2)11-23-18-14(21)9-13(20)10-15(18)22(6-7-24)19(23)25/h4-5,8-10,24H,3,6-7,11H2,1-2H3. The second-order valence-electron chi connectivity index (χ2n) is 5.92. The van der Waals surface area contributed by atoms with E-state index in [1.807, 2.05) is 6.92 Å². The Balaban J connectivity index is 2.14. The predicted octanol–water partition coefficient (Wildman–Crippen LogP) is 2.53. The molecule has 3 aromatic rings. The first-order valence-corrected chi connectivity index (χ1v) is 8.48. The average molecular weight is 378 g/mol. The summed E-state index contributed by atoms with van der Waals surface area (Å²) < 4.78 is 41.2. The number of benzene rings is 2. The van der Waals surface area contributed by atoms with Gasteiger partial charge < -0.3 is 14.6 Å². The lowest BCUT2D eigenvalue weighted by atomic mass is 10.2. The van der Waals surface area contributed by atoms with Gasteiger partial charge in [-0.15, -0.1) is 0 Å². The highest BCUT2D eigenvalue weighted by Gasteiger charge is 2.19. The normalized spacial score (nSPS) is 11.1. The van der Waals surface area contributed by atoms with E-state index in [9.17, 15) is 18.7 Å². The molecule has 1 heterocycles. The third kappa shape index (κ3) is 3.52. The lowest BCUT2D eigenvalue weighted by Crippen LogP contribution is -2.26. The van der Waals surface area contributed by atoms with Crippen molar-refractivity contribution in [1.29, 1.82) is 0 Å². The molecule has 1 aromatic heterocycles. The summed E-state index contributed by atoms with van der Waals surface area (Å²) in [6, 6.07) is 6.98. The van der Waals surface area contributed by atoms with Crippen molar-refractivity contribution in [2.24, 2.45) is 0 Å². The van der Waals surface area contributed by atoms with E-state index in [2.05, 4.69) is 0 Å². The van der Waals surface area contributed by atoms with Crippen molar-refractivity contribution in [3.63, 3.8) is 0 Å². The first-order valence-electron chi connectivity index (χ1n) is 8.48. The monoisotopic (exact) mass is 378 g/mol. The maximum Gasteiger partial charge on any atom is 0.329 e. The Hall–Kier alpha value is -2.87. The molecule has 144 valence electrons. The van der Waals surface area contributed by atoms with E-state index in [1.54, 1.807) is 18.2 Å². The number of fused-ring (bicyclic) bond motifs is 1. The number of rotatable bonds is 7. The van der Waals surface area contributed by atoms with E-state index < -0.39 is 17.3 Å². The van der Waals surface area contributed by atoms with Gasteiger partial charge in [0.1, 0.15) is 11.3 Å². The number of imidazole rings is 1. The zero-order chi connectivity index (χ0) is 19.6. The van der Waals surface area contributed by atoms with Crippen molar-refractivity contribution in [3.05, 3.63) is 58.0 Å². The van der Waals surface area contributed by atoms with Crippen LogP contribution in [0.4, 0.5) is 8.78 Å². The van der Waals surface area contributed by atoms with Crippen LogP contribution in [0.3, 0.4) is 0 Å². The summed E-state index contributed by atoms with van der Waals surface area (Å²) in [6.45, 7) is 1.94. The maximum atomic E-state index is 14.4. The van der Waals surface area contributed by atoms with E-state index in [1.165, 1.54) is 11.7 Å². The molecule has 2 aromatic carbocycles. The molecular weight excluding hydrogens is 358 g/mol. The number of aromatic nitrogens is 2. The highest BCUT2D eigenvalue weighted by Crippen LogP contribution is 2.29. The Morgan fingerprint density at radius 1 is 1.11 bits per heavy atom. The summed E-state index contributed by atoms with van der Waals surface area (Å²) in [4.78, 5) is 12.7. The number of nitrogens with zero attached hydrogens (tertiary/aromatic N) is 2. The van der Waals surface area contributed by atoms with Gasteiger partial charge in [-0.05, 0) is 24.6 Å². The van der Waals surface area contributed by atoms with Gasteiger partial charge in [0, 0.05) is 12.1 Å². The highest BCUT2D eigenvalue weighted by atomic mass is 19.1. The Bertz CT molecular complexity index is 1030. The number of aliphatic hydroxyl groups excluding tert-OH is 1. The fraction of sp³-hybridized carbons (Fsp3) is 0.316. The van der Waals surface area contributed by atoms with E-state index in [4.69, 9.17) is 9.47 Å². The summed E-state index contributed by atoms with van der Waals surface area (Å²) >= 11 is 0. The summed E-state index contributed by atoms with van der Waals surface area (Å²) in [5.74, 6) is -0.565. The van der Waals surface area contributed by atoms with Crippen LogP contribution in [0, 0.1) is 11.6 Å². The summed E-state index contributed by atoms with van der Waals surface area (Å²) in [6.07, 6.45) is 0. The Kier molecular flexibility index (Phi) is 5.46. The van der Waals surface area contributed by atoms with Gasteiger partial charge in [0.2, 0.25) is 0 Å². The third-order valence-corrected chi connectivity index (χ3v) is 4.22. The molecule has 0 unspecified atom stereocenters. The quantitative estimate of drug-likeness (QED) is 0.686. The average Bonchev–Trinajstić information content (AvgIpc) is 2.88. The molecule has 0 spiro atoms. The molecule has 0 aliphatic heterocycles. The van der Waals surface area contributed by atoms with Crippen molar-refractivity contribution in [1.82, 2.24) is 9.13 Å². The topological polar surface area (TPSA) is 65.6 Å². The van der Waals surface area contributed by atoms with E-state index in [0.717, 1.165) is 16.7 Å². The molecule has 3 rings (SSSR count). The van der Waals surface area contributed by atoms with Gasteiger partial charge in [0.05, 0.1) is 38.9 Å². The molecule has 0 aliphatic carbocycles. The number of methoxy groups -OCH3 is 1. The minimum Gasteiger partial charge on any atom is -0.493 e. The van der Waals surface area contributed by atoms with Crippen LogP contribution in [0.1, 0.15) is 12.5 Å². The molecule has 0 bridgehead atoms. The van der Waals surface area contributed by atoms with Gasteiger partial charge in [-0.25, -0.2) is 13.6 Å². The van der Waals surface area contributed by atoms with Gasteiger partial charge >= 0.3 is 5.69 Å². The number of halogens is 2. The molecular formula is C19H20F2N2O4. The van der Waals surface area contributed by atoms with Gasteiger partial charge in [0.25, 0.3) is 0 Å². The zero-order valence-electron chi connectivity index (χ0n) is 15.0. The number of hydrogen-bond acceptors (Lipinski definition) is 4. The van der Waals surface area contributed by atoms with Crippen LogP contribution in [0.2, 0.25) is 0 Å². The van der Waals surface area contributed by atoms with E-state index in [-0.39, 0.29) is 30.7 Å². The molecule has 1 N–H and O–H groups in total. The molecule has 8 heteroatoms. The van der Waals surface area contributed by atoms with Crippen LogP contribution in [0.15, 0.2) is 35.1 Å². The van der Waals surface area contributed by atoms with Crippen LogP contribution in [-0.4, -0.2) is 34.6 Å². The molecule has 0 amide bonds.